The minimum Gasteiger partial charge on any atom is -0.395 e. The number of hydrogen-bond acceptors (Lipinski definition) is 4. The molecule has 1 spiro atoms. The third-order valence-electron chi connectivity index (χ3n) is 7.37. The van der Waals surface area contributed by atoms with Gasteiger partial charge in [-0.2, -0.15) is 13.2 Å². The molecule has 2 aliphatic carbocycles. The summed E-state index contributed by atoms with van der Waals surface area (Å²) in [4.78, 5) is 15.5. The first kappa shape index (κ1) is 23.3. The lowest BCUT2D eigenvalue weighted by atomic mass is 9.59. The quantitative estimate of drug-likeness (QED) is 0.637. The van der Waals surface area contributed by atoms with Crippen molar-refractivity contribution >= 4 is 12.0 Å². The van der Waals surface area contributed by atoms with Gasteiger partial charge in [0.1, 0.15) is 0 Å². The molecule has 1 amide bonds. The van der Waals surface area contributed by atoms with E-state index in [1.54, 1.807) is 0 Å². The van der Waals surface area contributed by atoms with E-state index < -0.39 is 24.2 Å². The molecule has 0 radical (unpaired) electrons. The summed E-state index contributed by atoms with van der Waals surface area (Å²) >= 11 is 0. The summed E-state index contributed by atoms with van der Waals surface area (Å²) in [5.41, 5.74) is 2.00. The zero-order chi connectivity index (χ0) is 23.1. The minimum absolute atomic E-state index is 0.0332. The molecular formula is C24H31F3N2O3. The highest BCUT2D eigenvalue weighted by Crippen LogP contribution is 2.55. The van der Waals surface area contributed by atoms with Gasteiger partial charge >= 0.3 is 12.1 Å². The van der Waals surface area contributed by atoms with E-state index >= 15 is 0 Å². The van der Waals surface area contributed by atoms with Gasteiger partial charge in [0.05, 0.1) is 19.3 Å². The van der Waals surface area contributed by atoms with Crippen LogP contribution < -0.4 is 0 Å². The van der Waals surface area contributed by atoms with Crippen LogP contribution in [0.4, 0.5) is 13.2 Å². The molecule has 4 rings (SSSR count). The van der Waals surface area contributed by atoms with Crippen molar-refractivity contribution in [2.75, 3.05) is 26.3 Å². The van der Waals surface area contributed by atoms with Gasteiger partial charge < -0.3 is 15.1 Å². The largest absolute Gasteiger partial charge is 0.471 e. The average molecular weight is 453 g/mol. The zero-order valence-corrected chi connectivity index (χ0v) is 18.3. The van der Waals surface area contributed by atoms with Crippen molar-refractivity contribution < 1.29 is 28.2 Å². The molecule has 2 saturated carbocycles. The first-order valence-electron chi connectivity index (χ1n) is 11.3. The van der Waals surface area contributed by atoms with E-state index in [-0.39, 0.29) is 30.6 Å². The van der Waals surface area contributed by atoms with Crippen LogP contribution in [0.15, 0.2) is 35.9 Å². The normalized spacial score (nSPS) is 25.5. The molecule has 0 unspecified atom stereocenters. The van der Waals surface area contributed by atoms with Gasteiger partial charge in [-0.25, -0.2) is 0 Å². The second-order valence-electron chi connectivity index (χ2n) is 9.59. The van der Waals surface area contributed by atoms with Crippen molar-refractivity contribution in [3.8, 4) is 0 Å². The number of alkyl halides is 3. The van der Waals surface area contributed by atoms with Crippen LogP contribution >= 0.6 is 0 Å². The van der Waals surface area contributed by atoms with Crippen molar-refractivity contribution in [3.63, 3.8) is 0 Å². The molecule has 0 bridgehead atoms. The molecule has 176 valence electrons. The Hall–Kier alpha value is -1.90. The fourth-order valence-corrected chi connectivity index (χ4v) is 5.61. The molecule has 2 atom stereocenters. The van der Waals surface area contributed by atoms with Crippen LogP contribution in [0.25, 0.3) is 6.08 Å². The Balaban J connectivity index is 1.45. The van der Waals surface area contributed by atoms with E-state index in [1.165, 1.54) is 0 Å². The summed E-state index contributed by atoms with van der Waals surface area (Å²) in [6, 6.07) is 8.58. The van der Waals surface area contributed by atoms with Crippen LogP contribution in [-0.4, -0.2) is 76.5 Å². The van der Waals surface area contributed by atoms with Crippen LogP contribution in [0, 0.1) is 11.3 Å². The molecule has 3 aliphatic rings. The molecule has 5 nitrogen and oxygen atoms in total. The molecular weight excluding hydrogens is 421 g/mol. The number of halogens is 3. The Morgan fingerprint density at radius 1 is 1.22 bits per heavy atom. The number of carbonyl (C=O) groups excluding carboxylic acids is 1. The van der Waals surface area contributed by atoms with Crippen LogP contribution in [0.1, 0.15) is 38.2 Å². The van der Waals surface area contributed by atoms with Crippen LogP contribution in [0.2, 0.25) is 0 Å². The summed E-state index contributed by atoms with van der Waals surface area (Å²) < 4.78 is 40.3. The number of amides is 1. The van der Waals surface area contributed by atoms with Crippen LogP contribution in [0.3, 0.4) is 0 Å². The fourth-order valence-electron chi connectivity index (χ4n) is 5.61. The summed E-state index contributed by atoms with van der Waals surface area (Å²) in [7, 11) is 0. The smallest absolute Gasteiger partial charge is 0.395 e. The lowest BCUT2D eigenvalue weighted by molar-refractivity contribution is -0.199. The van der Waals surface area contributed by atoms with Crippen molar-refractivity contribution in [3.05, 3.63) is 41.5 Å². The number of likely N-dealkylation sites (tertiary alicyclic amines) is 1. The van der Waals surface area contributed by atoms with E-state index in [1.807, 2.05) is 48.2 Å². The van der Waals surface area contributed by atoms with Gasteiger partial charge in [-0.1, -0.05) is 48.9 Å². The van der Waals surface area contributed by atoms with Crippen LogP contribution in [0.5, 0.6) is 0 Å². The third-order valence-corrected chi connectivity index (χ3v) is 7.37. The lowest BCUT2D eigenvalue weighted by Gasteiger charge is -2.62. The predicted octanol–water partition coefficient (Wildman–Crippen LogP) is 3.08. The van der Waals surface area contributed by atoms with E-state index in [0.29, 0.717) is 32.4 Å². The van der Waals surface area contributed by atoms with E-state index in [4.69, 9.17) is 0 Å². The Bertz CT molecular complexity index is 840. The first-order chi connectivity index (χ1) is 15.2. The average Bonchev–Trinajstić information content (AvgIpc) is 3.49. The molecule has 1 aliphatic heterocycles. The number of hydrogen-bond donors (Lipinski definition) is 2. The highest BCUT2D eigenvalue weighted by atomic mass is 19.4. The number of aliphatic hydroxyl groups is 2. The van der Waals surface area contributed by atoms with Gasteiger partial charge in [-0.15, -0.1) is 0 Å². The van der Waals surface area contributed by atoms with Crippen molar-refractivity contribution in [2.24, 2.45) is 11.3 Å². The molecule has 1 aromatic rings. The highest BCUT2D eigenvalue weighted by Gasteiger charge is 2.61. The summed E-state index contributed by atoms with van der Waals surface area (Å²) in [6.07, 6.45) is -0.449. The number of benzene rings is 1. The second-order valence-corrected chi connectivity index (χ2v) is 9.59. The van der Waals surface area contributed by atoms with Gasteiger partial charge in [0.15, 0.2) is 0 Å². The maximum atomic E-state index is 13.4. The molecule has 1 aromatic carbocycles. The number of nitrogens with zero attached hydrogens (tertiary/aromatic N) is 2. The maximum absolute atomic E-state index is 13.4. The Morgan fingerprint density at radius 3 is 2.38 bits per heavy atom. The topological polar surface area (TPSA) is 64.0 Å². The van der Waals surface area contributed by atoms with Crippen molar-refractivity contribution in [1.29, 1.82) is 0 Å². The standard InChI is InChI=1S/C24H31F3N2O3/c1-2-17(8-16-6-4-3-5-7-16)20-9-21(20)29(22(32)24(25,26)27)18-10-23(11-18)14-28(15-23)19(12-30)13-31/h3-8,18-21,30-31H,2,9-15H2,1H3/b17-8+/t20-,21+/m0/s1. The predicted molar refractivity (Wildman–Crippen MR) is 114 cm³/mol. The lowest BCUT2D eigenvalue weighted by Crippen LogP contribution is -2.70. The summed E-state index contributed by atoms with van der Waals surface area (Å²) in [6.45, 7) is 3.00. The van der Waals surface area contributed by atoms with Crippen LogP contribution in [-0.2, 0) is 4.79 Å². The summed E-state index contributed by atoms with van der Waals surface area (Å²) in [5, 5.41) is 18.7. The third kappa shape index (κ3) is 4.45. The first-order valence-corrected chi connectivity index (χ1v) is 11.3. The monoisotopic (exact) mass is 452 g/mol. The van der Waals surface area contributed by atoms with Gasteiger partial charge in [-0.05, 0) is 36.7 Å². The minimum atomic E-state index is -4.88. The molecule has 2 N–H and O–H groups in total. The SMILES string of the molecule is CC/C(=C\c1ccccc1)[C@@H]1C[C@H]1N(C(=O)C(F)(F)F)C1CC2(C1)CN(C(CO)CO)C2. The van der Waals surface area contributed by atoms with E-state index in [0.717, 1.165) is 22.5 Å². The van der Waals surface area contributed by atoms with Crippen molar-refractivity contribution in [2.45, 2.75) is 56.9 Å². The number of rotatable bonds is 8. The Morgan fingerprint density at radius 2 is 1.84 bits per heavy atom. The van der Waals surface area contributed by atoms with E-state index in [9.17, 15) is 28.2 Å². The molecule has 1 heterocycles. The zero-order valence-electron chi connectivity index (χ0n) is 18.3. The molecule has 3 fully saturated rings. The van der Waals surface area contributed by atoms with Gasteiger partial charge in [0, 0.05) is 31.1 Å². The Labute approximate surface area is 186 Å². The molecule has 0 aromatic heterocycles. The van der Waals surface area contributed by atoms with E-state index in [2.05, 4.69) is 0 Å². The number of carbonyl (C=O) groups is 1. The van der Waals surface area contributed by atoms with Gasteiger partial charge in [-0.3, -0.25) is 9.69 Å². The Kier molecular flexibility index (Phi) is 6.40. The second kappa shape index (κ2) is 8.80. The van der Waals surface area contributed by atoms with Gasteiger partial charge in [0.25, 0.3) is 0 Å². The number of aliphatic hydroxyl groups excluding tert-OH is 2. The van der Waals surface area contributed by atoms with Gasteiger partial charge in [0.2, 0.25) is 0 Å². The fraction of sp³-hybridized carbons (Fsp3) is 0.625. The molecule has 32 heavy (non-hydrogen) atoms. The van der Waals surface area contributed by atoms with Crippen molar-refractivity contribution in [1.82, 2.24) is 9.80 Å². The maximum Gasteiger partial charge on any atom is 0.471 e. The summed E-state index contributed by atoms with van der Waals surface area (Å²) in [5.74, 6) is -1.76. The highest BCUT2D eigenvalue weighted by molar-refractivity contribution is 5.83. The molecule has 1 saturated heterocycles. The molecule has 8 heteroatoms.